The highest BCUT2D eigenvalue weighted by atomic mass is 16.6. The Kier molecular flexibility index (Phi) is 4.68. The summed E-state index contributed by atoms with van der Waals surface area (Å²) in [5, 5.41) is 29.3. The Morgan fingerprint density at radius 3 is 2.44 bits per heavy atom. The number of aliphatic hydroxyl groups is 3. The lowest BCUT2D eigenvalue weighted by atomic mass is 9.98. The topological polar surface area (TPSA) is 69.9 Å². The van der Waals surface area contributed by atoms with Crippen molar-refractivity contribution >= 4 is 0 Å². The molecule has 0 saturated carbocycles. The van der Waals surface area contributed by atoms with Gasteiger partial charge in [0.2, 0.25) is 0 Å². The van der Waals surface area contributed by atoms with Gasteiger partial charge in [0.1, 0.15) is 24.4 Å². The summed E-state index contributed by atoms with van der Waals surface area (Å²) in [5.41, 5.74) is 0.618. The maximum atomic E-state index is 10.0. The molecule has 1 saturated heterocycles. The van der Waals surface area contributed by atoms with Crippen LogP contribution in [0.15, 0.2) is 24.3 Å². The first-order valence-electron chi connectivity index (χ1n) is 5.55. The molecule has 1 aliphatic rings. The standard InChI is InChI=1S/C12H20O4/c1-4-6-8(5-2)10(14)12-11(15)9(13)7(3)16-12/h5-7,9-15H,2,4H2,1,3H3/b8-6+. The minimum atomic E-state index is -1.06. The van der Waals surface area contributed by atoms with E-state index in [9.17, 15) is 15.3 Å². The summed E-state index contributed by atoms with van der Waals surface area (Å²) in [6.45, 7) is 7.22. The molecule has 0 aliphatic carbocycles. The van der Waals surface area contributed by atoms with Gasteiger partial charge in [-0.2, -0.15) is 0 Å². The largest absolute Gasteiger partial charge is 0.388 e. The zero-order valence-corrected chi connectivity index (χ0v) is 9.71. The number of rotatable bonds is 4. The number of allylic oxidation sites excluding steroid dienone is 1. The normalized spacial score (nSPS) is 37.4. The molecule has 0 aromatic heterocycles. The average Bonchev–Trinajstić information content (AvgIpc) is 2.53. The molecule has 0 radical (unpaired) electrons. The van der Waals surface area contributed by atoms with Crippen LogP contribution in [0, 0.1) is 0 Å². The van der Waals surface area contributed by atoms with Crippen molar-refractivity contribution in [3.05, 3.63) is 24.3 Å². The third kappa shape index (κ3) is 2.52. The molecule has 5 atom stereocenters. The van der Waals surface area contributed by atoms with Crippen molar-refractivity contribution in [1.29, 1.82) is 0 Å². The molecule has 0 bridgehead atoms. The number of aliphatic hydroxyl groups excluding tert-OH is 3. The first kappa shape index (κ1) is 13.4. The minimum absolute atomic E-state index is 0.470. The molecule has 16 heavy (non-hydrogen) atoms. The average molecular weight is 228 g/mol. The molecule has 0 amide bonds. The van der Waals surface area contributed by atoms with Crippen molar-refractivity contribution in [1.82, 2.24) is 0 Å². The van der Waals surface area contributed by atoms with E-state index >= 15 is 0 Å². The van der Waals surface area contributed by atoms with Crippen molar-refractivity contribution in [3.8, 4) is 0 Å². The molecule has 0 spiro atoms. The van der Waals surface area contributed by atoms with Crippen molar-refractivity contribution < 1.29 is 20.1 Å². The van der Waals surface area contributed by atoms with Gasteiger partial charge >= 0.3 is 0 Å². The molecule has 1 heterocycles. The van der Waals surface area contributed by atoms with E-state index in [1.165, 1.54) is 0 Å². The second-order valence-electron chi connectivity index (χ2n) is 4.05. The van der Waals surface area contributed by atoms with Crippen LogP contribution in [0.5, 0.6) is 0 Å². The third-order valence-corrected chi connectivity index (χ3v) is 2.87. The minimum Gasteiger partial charge on any atom is -0.388 e. The number of ether oxygens (including phenoxy) is 1. The maximum Gasteiger partial charge on any atom is 0.116 e. The maximum absolute atomic E-state index is 10.0. The van der Waals surface area contributed by atoms with Crippen LogP contribution < -0.4 is 0 Å². The lowest BCUT2D eigenvalue weighted by Gasteiger charge is -2.22. The third-order valence-electron chi connectivity index (χ3n) is 2.87. The highest BCUT2D eigenvalue weighted by Crippen LogP contribution is 2.26. The Balaban J connectivity index is 2.78. The van der Waals surface area contributed by atoms with E-state index in [2.05, 4.69) is 6.58 Å². The van der Waals surface area contributed by atoms with Crippen LogP contribution in [0.4, 0.5) is 0 Å². The van der Waals surface area contributed by atoms with Crippen LogP contribution >= 0.6 is 0 Å². The molecule has 0 aromatic carbocycles. The summed E-state index contributed by atoms with van der Waals surface area (Å²) < 4.78 is 5.34. The predicted octanol–water partition coefficient (Wildman–Crippen LogP) is 0.379. The molecule has 0 aromatic rings. The van der Waals surface area contributed by atoms with E-state index in [4.69, 9.17) is 4.74 Å². The van der Waals surface area contributed by atoms with Gasteiger partial charge in [0, 0.05) is 0 Å². The molecular weight excluding hydrogens is 208 g/mol. The van der Waals surface area contributed by atoms with Gasteiger partial charge in [-0.05, 0) is 18.9 Å². The quantitative estimate of drug-likeness (QED) is 0.608. The number of hydrogen-bond acceptors (Lipinski definition) is 4. The van der Waals surface area contributed by atoms with Gasteiger partial charge in [0.05, 0.1) is 6.10 Å². The van der Waals surface area contributed by atoms with E-state index in [1.807, 2.05) is 13.0 Å². The zero-order chi connectivity index (χ0) is 12.3. The summed E-state index contributed by atoms with van der Waals surface area (Å²) in [4.78, 5) is 0. The second-order valence-corrected chi connectivity index (χ2v) is 4.05. The van der Waals surface area contributed by atoms with Crippen molar-refractivity contribution in [2.24, 2.45) is 0 Å². The molecule has 5 unspecified atom stereocenters. The van der Waals surface area contributed by atoms with Gasteiger partial charge < -0.3 is 20.1 Å². The zero-order valence-electron chi connectivity index (χ0n) is 9.71. The van der Waals surface area contributed by atoms with E-state index in [0.29, 0.717) is 5.57 Å². The Bertz CT molecular complexity index is 274. The molecule has 4 nitrogen and oxygen atoms in total. The predicted molar refractivity (Wildman–Crippen MR) is 60.9 cm³/mol. The summed E-state index contributed by atoms with van der Waals surface area (Å²) in [5.74, 6) is 0. The van der Waals surface area contributed by atoms with E-state index in [1.54, 1.807) is 13.0 Å². The van der Waals surface area contributed by atoms with Gasteiger partial charge in [0.25, 0.3) is 0 Å². The Morgan fingerprint density at radius 2 is 2.06 bits per heavy atom. The Labute approximate surface area is 95.9 Å². The van der Waals surface area contributed by atoms with Crippen LogP contribution in [0.2, 0.25) is 0 Å². The molecule has 1 fully saturated rings. The van der Waals surface area contributed by atoms with Crippen LogP contribution in [0.1, 0.15) is 20.3 Å². The molecule has 3 N–H and O–H groups in total. The first-order chi connectivity index (χ1) is 7.52. The molecule has 4 heteroatoms. The molecule has 1 rings (SSSR count). The summed E-state index contributed by atoms with van der Waals surface area (Å²) >= 11 is 0. The SMILES string of the molecule is C=C/C(=C\CC)C(O)C1OC(C)C(O)C1O. The highest BCUT2D eigenvalue weighted by molar-refractivity contribution is 5.23. The Morgan fingerprint density at radius 1 is 1.44 bits per heavy atom. The molecule has 1 aliphatic heterocycles. The van der Waals surface area contributed by atoms with Crippen LogP contribution in [0.3, 0.4) is 0 Å². The monoisotopic (exact) mass is 228 g/mol. The fourth-order valence-electron chi connectivity index (χ4n) is 1.89. The Hall–Kier alpha value is -0.680. The summed E-state index contributed by atoms with van der Waals surface area (Å²) in [6.07, 6.45) is -0.102. The highest BCUT2D eigenvalue weighted by Gasteiger charge is 2.44. The molecule has 92 valence electrons. The summed E-state index contributed by atoms with van der Waals surface area (Å²) in [6, 6.07) is 0. The van der Waals surface area contributed by atoms with Crippen molar-refractivity contribution in [2.45, 2.75) is 50.8 Å². The summed E-state index contributed by atoms with van der Waals surface area (Å²) in [7, 11) is 0. The van der Waals surface area contributed by atoms with Gasteiger partial charge in [-0.3, -0.25) is 0 Å². The fraction of sp³-hybridized carbons (Fsp3) is 0.667. The second kappa shape index (κ2) is 5.59. The van der Waals surface area contributed by atoms with E-state index in [0.717, 1.165) is 6.42 Å². The van der Waals surface area contributed by atoms with Crippen molar-refractivity contribution in [3.63, 3.8) is 0 Å². The smallest absolute Gasteiger partial charge is 0.116 e. The molecular formula is C12H20O4. The van der Waals surface area contributed by atoms with Crippen molar-refractivity contribution in [2.75, 3.05) is 0 Å². The van der Waals surface area contributed by atoms with E-state index in [-0.39, 0.29) is 0 Å². The van der Waals surface area contributed by atoms with Crippen LogP contribution in [-0.2, 0) is 4.74 Å². The van der Waals surface area contributed by atoms with Gasteiger partial charge in [-0.25, -0.2) is 0 Å². The number of hydrogen-bond donors (Lipinski definition) is 3. The van der Waals surface area contributed by atoms with E-state index < -0.39 is 30.5 Å². The van der Waals surface area contributed by atoms with Gasteiger partial charge in [-0.15, -0.1) is 0 Å². The lowest BCUT2D eigenvalue weighted by Crippen LogP contribution is -2.39. The first-order valence-corrected chi connectivity index (χ1v) is 5.55. The van der Waals surface area contributed by atoms with Crippen LogP contribution in [0.25, 0.3) is 0 Å². The lowest BCUT2D eigenvalue weighted by molar-refractivity contribution is -0.0471. The van der Waals surface area contributed by atoms with Crippen LogP contribution in [-0.4, -0.2) is 45.8 Å². The van der Waals surface area contributed by atoms with Gasteiger partial charge in [0.15, 0.2) is 0 Å². The van der Waals surface area contributed by atoms with Gasteiger partial charge in [-0.1, -0.05) is 25.7 Å². The fourth-order valence-corrected chi connectivity index (χ4v) is 1.89.